The van der Waals surface area contributed by atoms with E-state index < -0.39 is 22.9 Å². The molecule has 2 fully saturated rings. The number of rotatable bonds is 3. The summed E-state index contributed by atoms with van der Waals surface area (Å²) in [5, 5.41) is 7.10. The monoisotopic (exact) mass is 479 g/mol. The summed E-state index contributed by atoms with van der Waals surface area (Å²) in [6, 6.07) is 11.1. The number of fused-ring (bicyclic) bond motifs is 2. The number of piperazine rings is 2. The highest BCUT2D eigenvalue weighted by atomic mass is 32.2. The molecule has 7 nitrogen and oxygen atoms in total. The van der Waals surface area contributed by atoms with Crippen LogP contribution in [0.4, 0.5) is 30.2 Å². The predicted molar refractivity (Wildman–Crippen MR) is 121 cm³/mol. The van der Waals surface area contributed by atoms with E-state index in [2.05, 4.69) is 25.4 Å². The van der Waals surface area contributed by atoms with Gasteiger partial charge in [-0.3, -0.25) is 0 Å². The number of halogens is 3. The van der Waals surface area contributed by atoms with Crippen molar-refractivity contribution in [1.29, 1.82) is 0 Å². The van der Waals surface area contributed by atoms with Gasteiger partial charge in [-0.1, -0.05) is 0 Å². The molecule has 0 saturated carbocycles. The summed E-state index contributed by atoms with van der Waals surface area (Å²) < 4.78 is 45.1. The molecule has 0 aliphatic carbocycles. The second kappa shape index (κ2) is 8.96. The van der Waals surface area contributed by atoms with E-state index in [-0.39, 0.29) is 0 Å². The van der Waals surface area contributed by atoms with E-state index in [4.69, 9.17) is 4.18 Å². The van der Waals surface area contributed by atoms with Crippen LogP contribution >= 0.6 is 10.8 Å². The highest BCUT2D eigenvalue weighted by molar-refractivity contribution is 8.05. The fourth-order valence-electron chi connectivity index (χ4n) is 4.19. The summed E-state index contributed by atoms with van der Waals surface area (Å²) in [5.41, 5.74) is 2.29. The van der Waals surface area contributed by atoms with E-state index in [1.807, 2.05) is 24.3 Å². The molecule has 0 aromatic heterocycles. The molecule has 3 aliphatic rings. The largest absolute Gasteiger partial charge is 0.492 e. The van der Waals surface area contributed by atoms with E-state index in [1.165, 1.54) is 0 Å². The van der Waals surface area contributed by atoms with Crippen molar-refractivity contribution >= 4 is 33.8 Å². The fourth-order valence-corrected chi connectivity index (χ4v) is 5.91. The molecule has 2 saturated heterocycles. The van der Waals surface area contributed by atoms with Crippen molar-refractivity contribution in [2.75, 3.05) is 62.2 Å². The Morgan fingerprint density at radius 3 is 2.09 bits per heavy atom. The third kappa shape index (κ3) is 4.57. The van der Waals surface area contributed by atoms with Crippen LogP contribution in [0.25, 0.3) is 0 Å². The van der Waals surface area contributed by atoms with Gasteiger partial charge in [0.05, 0.1) is 20.5 Å². The first-order valence-electron chi connectivity index (χ1n) is 10.8. The van der Waals surface area contributed by atoms with Crippen molar-refractivity contribution in [3.63, 3.8) is 0 Å². The number of benzene rings is 2. The van der Waals surface area contributed by atoms with E-state index in [0.717, 1.165) is 63.7 Å². The molecule has 2 aromatic rings. The maximum Gasteiger partial charge on any atom is 0.492 e. The third-order valence-corrected chi connectivity index (χ3v) is 7.65. The SMILES string of the molecule is O=C(OS1=c2cc(N3CCNCC3)ccc2=Nc2ccc(N3CCNCC3)cc21)C(F)(F)F. The van der Waals surface area contributed by atoms with E-state index in [9.17, 15) is 18.0 Å². The van der Waals surface area contributed by atoms with E-state index >= 15 is 0 Å². The van der Waals surface area contributed by atoms with Gasteiger partial charge in [0.2, 0.25) is 0 Å². The van der Waals surface area contributed by atoms with Gasteiger partial charge in [0.25, 0.3) is 0 Å². The molecule has 1 atom stereocenters. The van der Waals surface area contributed by atoms with Gasteiger partial charge < -0.3 is 24.6 Å². The van der Waals surface area contributed by atoms with Crippen LogP contribution in [0.15, 0.2) is 46.3 Å². The minimum absolute atomic E-state index is 0.494. The quantitative estimate of drug-likeness (QED) is 0.659. The van der Waals surface area contributed by atoms with Gasteiger partial charge in [-0.25, -0.2) is 9.79 Å². The lowest BCUT2D eigenvalue weighted by Gasteiger charge is -2.30. The van der Waals surface area contributed by atoms with Gasteiger partial charge in [0.1, 0.15) is 0 Å². The molecule has 0 radical (unpaired) electrons. The Morgan fingerprint density at radius 2 is 1.48 bits per heavy atom. The lowest BCUT2D eigenvalue weighted by atomic mass is 10.2. The molecule has 3 heterocycles. The van der Waals surface area contributed by atoms with Crippen molar-refractivity contribution in [3.8, 4) is 0 Å². The van der Waals surface area contributed by atoms with Crippen molar-refractivity contribution in [2.45, 2.75) is 11.1 Å². The van der Waals surface area contributed by atoms with Gasteiger partial charge >= 0.3 is 12.1 Å². The molecule has 3 aliphatic heterocycles. The predicted octanol–water partition coefficient (Wildman–Crippen LogP) is 2.37. The summed E-state index contributed by atoms with van der Waals surface area (Å²) in [4.78, 5) is 21.4. The summed E-state index contributed by atoms with van der Waals surface area (Å²) in [5.74, 6) is -2.19. The minimum atomic E-state index is -5.08. The minimum Gasteiger partial charge on any atom is -0.388 e. The molecule has 0 spiro atoms. The van der Waals surface area contributed by atoms with Crippen LogP contribution in [0, 0.1) is 4.51 Å². The van der Waals surface area contributed by atoms with Crippen molar-refractivity contribution in [1.82, 2.24) is 10.6 Å². The molecule has 2 N–H and O–H groups in total. The Morgan fingerprint density at radius 1 is 0.909 bits per heavy atom. The molecule has 176 valence electrons. The zero-order valence-corrected chi connectivity index (χ0v) is 18.6. The van der Waals surface area contributed by atoms with Crippen molar-refractivity contribution in [2.24, 2.45) is 4.99 Å². The van der Waals surface area contributed by atoms with Gasteiger partial charge in [-0.05, 0) is 36.4 Å². The van der Waals surface area contributed by atoms with E-state index in [0.29, 0.717) is 20.5 Å². The highest BCUT2D eigenvalue weighted by Crippen LogP contribution is 2.43. The number of hydrogen-bond donors (Lipinski definition) is 2. The van der Waals surface area contributed by atoms with Crippen LogP contribution in [0.2, 0.25) is 0 Å². The Hall–Kier alpha value is -2.63. The molecular weight excluding hydrogens is 455 g/mol. The normalized spacial score (nSPS) is 20.5. The number of anilines is 2. The Kier molecular flexibility index (Phi) is 6.02. The lowest BCUT2D eigenvalue weighted by Crippen LogP contribution is -2.43. The summed E-state index contributed by atoms with van der Waals surface area (Å²) in [7, 11) is -1.55. The van der Waals surface area contributed by atoms with Crippen molar-refractivity contribution < 1.29 is 22.1 Å². The molecule has 2 aromatic carbocycles. The third-order valence-electron chi connectivity index (χ3n) is 5.88. The number of nitrogens with one attached hydrogen (secondary N) is 2. The van der Waals surface area contributed by atoms with Crippen LogP contribution in [0.3, 0.4) is 0 Å². The molecule has 11 heteroatoms. The summed E-state index contributed by atoms with van der Waals surface area (Å²) in [6.45, 7) is 6.46. The summed E-state index contributed by atoms with van der Waals surface area (Å²) >= 11 is 0. The fraction of sp³-hybridized carbons (Fsp3) is 0.409. The molecule has 1 unspecified atom stereocenters. The number of carbonyl (C=O) groups excluding carboxylic acids is 1. The Bertz CT molecular complexity index is 1190. The van der Waals surface area contributed by atoms with Crippen molar-refractivity contribution in [3.05, 3.63) is 46.3 Å². The Labute approximate surface area is 191 Å². The first-order valence-corrected chi connectivity index (χ1v) is 12.0. The van der Waals surface area contributed by atoms with Crippen LogP contribution in [0.1, 0.15) is 0 Å². The number of nitrogens with zero attached hydrogens (tertiary/aromatic N) is 3. The first-order chi connectivity index (χ1) is 15.9. The second-order valence-corrected chi connectivity index (χ2v) is 9.61. The standard InChI is InChI=1S/C22H24F3N5O2S/c23-22(24,25)21(31)32-33-19-13-15(29-9-5-26-6-10-29)1-3-17(19)28-18-4-2-16(14-20(18)33)30-11-7-27-8-12-30/h1-4,13-14,26-27H,5-12H2. The first kappa shape index (κ1) is 22.2. The van der Waals surface area contributed by atoms with Crippen LogP contribution in [0.5, 0.6) is 0 Å². The van der Waals surface area contributed by atoms with E-state index in [1.54, 1.807) is 12.1 Å². The number of hydrogen-bond acceptors (Lipinski definition) is 7. The number of carbonyl (C=O) groups is 1. The Balaban J connectivity index is 1.64. The maximum absolute atomic E-state index is 13.2. The van der Waals surface area contributed by atoms with Gasteiger partial charge in [0.15, 0.2) is 0 Å². The number of alkyl halides is 3. The average molecular weight is 480 g/mol. The molecule has 5 rings (SSSR count). The smallest absolute Gasteiger partial charge is 0.388 e. The molecule has 0 amide bonds. The second-order valence-electron chi connectivity index (χ2n) is 8.03. The lowest BCUT2D eigenvalue weighted by molar-refractivity contribution is -0.188. The molecule has 0 bridgehead atoms. The molecular formula is C22H24F3N5O2S. The van der Waals surface area contributed by atoms with Gasteiger partial charge in [-0.2, -0.15) is 13.2 Å². The topological polar surface area (TPSA) is 69.2 Å². The summed E-state index contributed by atoms with van der Waals surface area (Å²) in [6.07, 6.45) is -5.08. The van der Waals surface area contributed by atoms with Gasteiger partial charge in [-0.15, -0.1) is 0 Å². The van der Waals surface area contributed by atoms with Crippen LogP contribution in [-0.4, -0.2) is 64.5 Å². The average Bonchev–Trinajstić information content (AvgIpc) is 2.84. The highest BCUT2D eigenvalue weighted by Gasteiger charge is 2.42. The van der Waals surface area contributed by atoms with Crippen LogP contribution in [-0.2, 0) is 8.98 Å². The maximum atomic E-state index is 13.2. The molecule has 33 heavy (non-hydrogen) atoms. The van der Waals surface area contributed by atoms with Gasteiger partial charge in [0, 0.05) is 74.5 Å². The van der Waals surface area contributed by atoms with Crippen LogP contribution < -0.4 is 25.8 Å². The zero-order valence-electron chi connectivity index (χ0n) is 17.8. The zero-order chi connectivity index (χ0) is 23.0.